The molecule has 0 radical (unpaired) electrons. The predicted molar refractivity (Wildman–Crippen MR) is 108 cm³/mol. The Morgan fingerprint density at radius 2 is 1.57 bits per heavy atom. The Labute approximate surface area is 166 Å². The van der Waals surface area contributed by atoms with E-state index in [1.54, 1.807) is 36.4 Å². The fraction of sp³-hybridized carbons (Fsp3) is 0.435. The maximum absolute atomic E-state index is 13.2. The lowest BCUT2D eigenvalue weighted by atomic mass is 9.75. The Bertz CT molecular complexity index is 930. The summed E-state index contributed by atoms with van der Waals surface area (Å²) < 4.78 is 31.8. The van der Waals surface area contributed by atoms with Gasteiger partial charge in [0.15, 0.2) is 15.6 Å². The third-order valence-electron chi connectivity index (χ3n) is 6.06. The molecule has 1 aliphatic carbocycles. The SMILES string of the molecule is O=C1c2ccccc2OC(C2CCCCC2)C1CCS(=O)(=O)c1ccccc1. The molecule has 0 saturated heterocycles. The largest absolute Gasteiger partial charge is 0.489 e. The van der Waals surface area contributed by atoms with E-state index in [4.69, 9.17) is 4.74 Å². The molecule has 2 unspecified atom stereocenters. The van der Waals surface area contributed by atoms with E-state index < -0.39 is 15.8 Å². The molecule has 28 heavy (non-hydrogen) atoms. The fourth-order valence-corrected chi connectivity index (χ4v) is 5.93. The summed E-state index contributed by atoms with van der Waals surface area (Å²) in [4.78, 5) is 13.6. The summed E-state index contributed by atoms with van der Waals surface area (Å²) in [7, 11) is -3.42. The van der Waals surface area contributed by atoms with Crippen molar-refractivity contribution in [3.63, 3.8) is 0 Å². The smallest absolute Gasteiger partial charge is 0.178 e. The Balaban J connectivity index is 1.59. The molecular weight excluding hydrogens is 372 g/mol. The monoisotopic (exact) mass is 398 g/mol. The number of carbonyl (C=O) groups excluding carboxylic acids is 1. The number of benzene rings is 2. The number of rotatable bonds is 5. The second-order valence-electron chi connectivity index (χ2n) is 7.87. The van der Waals surface area contributed by atoms with Crippen LogP contribution >= 0.6 is 0 Å². The minimum atomic E-state index is -3.42. The van der Waals surface area contributed by atoms with E-state index in [1.165, 1.54) is 6.42 Å². The highest BCUT2D eigenvalue weighted by Gasteiger charge is 2.41. The summed E-state index contributed by atoms with van der Waals surface area (Å²) in [5, 5.41) is 0. The first-order chi connectivity index (χ1) is 13.6. The van der Waals surface area contributed by atoms with Gasteiger partial charge in [-0.15, -0.1) is 0 Å². The zero-order chi connectivity index (χ0) is 19.6. The number of hydrogen-bond acceptors (Lipinski definition) is 4. The zero-order valence-electron chi connectivity index (χ0n) is 15.9. The summed E-state index contributed by atoms with van der Waals surface area (Å²) in [5.74, 6) is 0.542. The van der Waals surface area contributed by atoms with Crippen molar-refractivity contribution in [2.24, 2.45) is 11.8 Å². The first-order valence-corrected chi connectivity index (χ1v) is 11.8. The Morgan fingerprint density at radius 3 is 2.32 bits per heavy atom. The fourth-order valence-electron chi connectivity index (χ4n) is 4.56. The number of sulfone groups is 1. The van der Waals surface area contributed by atoms with Crippen LogP contribution in [0.15, 0.2) is 59.5 Å². The maximum Gasteiger partial charge on any atom is 0.178 e. The average Bonchev–Trinajstić information content (AvgIpc) is 2.74. The van der Waals surface area contributed by atoms with Crippen molar-refractivity contribution in [2.45, 2.75) is 49.5 Å². The summed E-state index contributed by atoms with van der Waals surface area (Å²) >= 11 is 0. The van der Waals surface area contributed by atoms with Crippen molar-refractivity contribution >= 4 is 15.6 Å². The molecule has 4 nitrogen and oxygen atoms in total. The number of fused-ring (bicyclic) bond motifs is 1. The molecule has 1 heterocycles. The van der Waals surface area contributed by atoms with E-state index in [9.17, 15) is 13.2 Å². The zero-order valence-corrected chi connectivity index (χ0v) is 16.7. The van der Waals surface area contributed by atoms with Crippen LogP contribution in [0.1, 0.15) is 48.9 Å². The van der Waals surface area contributed by atoms with Crippen LogP contribution in [0.4, 0.5) is 0 Å². The lowest BCUT2D eigenvalue weighted by Gasteiger charge is -2.39. The number of Topliss-reactive ketones (excluding diaryl/α,β-unsaturated/α-hetero) is 1. The molecule has 1 aliphatic heterocycles. The van der Waals surface area contributed by atoms with E-state index in [2.05, 4.69) is 0 Å². The van der Waals surface area contributed by atoms with Crippen molar-refractivity contribution in [2.75, 3.05) is 5.75 Å². The normalized spacial score (nSPS) is 23.1. The van der Waals surface area contributed by atoms with Gasteiger partial charge < -0.3 is 4.74 Å². The molecule has 148 valence electrons. The first kappa shape index (κ1) is 19.2. The van der Waals surface area contributed by atoms with Gasteiger partial charge in [0.05, 0.1) is 22.1 Å². The van der Waals surface area contributed by atoms with E-state index >= 15 is 0 Å². The van der Waals surface area contributed by atoms with Gasteiger partial charge in [0.2, 0.25) is 0 Å². The van der Waals surface area contributed by atoms with Crippen molar-refractivity contribution in [1.82, 2.24) is 0 Å². The van der Waals surface area contributed by atoms with Crippen molar-refractivity contribution < 1.29 is 17.9 Å². The molecule has 2 aliphatic rings. The maximum atomic E-state index is 13.2. The third kappa shape index (κ3) is 3.86. The van der Waals surface area contributed by atoms with Gasteiger partial charge in [-0.05, 0) is 49.4 Å². The number of para-hydroxylation sites is 1. The molecule has 4 rings (SSSR count). The molecule has 0 N–H and O–H groups in total. The van der Waals surface area contributed by atoms with E-state index in [0.29, 0.717) is 28.5 Å². The Morgan fingerprint density at radius 1 is 0.893 bits per heavy atom. The minimum absolute atomic E-state index is 0.0284. The lowest BCUT2D eigenvalue weighted by molar-refractivity contribution is 0.0346. The molecule has 0 amide bonds. The van der Waals surface area contributed by atoms with Gasteiger partial charge >= 0.3 is 0 Å². The van der Waals surface area contributed by atoms with Crippen LogP contribution in [0, 0.1) is 11.8 Å². The molecule has 1 saturated carbocycles. The third-order valence-corrected chi connectivity index (χ3v) is 7.83. The molecule has 2 aromatic rings. The highest BCUT2D eigenvalue weighted by Crippen LogP contribution is 2.40. The van der Waals surface area contributed by atoms with Crippen molar-refractivity contribution in [3.8, 4) is 5.75 Å². The van der Waals surface area contributed by atoms with Crippen LogP contribution < -0.4 is 4.74 Å². The molecule has 0 spiro atoms. The summed E-state index contributed by atoms with van der Waals surface area (Å²) in [6, 6.07) is 15.8. The summed E-state index contributed by atoms with van der Waals surface area (Å²) in [6.45, 7) is 0. The van der Waals surface area contributed by atoms with Gasteiger partial charge in [-0.25, -0.2) is 8.42 Å². The van der Waals surface area contributed by atoms with E-state index in [-0.39, 0.29) is 17.6 Å². The lowest BCUT2D eigenvalue weighted by Crippen LogP contribution is -2.44. The molecule has 2 aromatic carbocycles. The summed E-state index contributed by atoms with van der Waals surface area (Å²) in [6.07, 6.45) is 5.68. The van der Waals surface area contributed by atoms with Crippen LogP contribution in [0.2, 0.25) is 0 Å². The molecule has 5 heteroatoms. The molecule has 1 fully saturated rings. The Kier molecular flexibility index (Phi) is 5.54. The van der Waals surface area contributed by atoms with Crippen molar-refractivity contribution in [1.29, 1.82) is 0 Å². The van der Waals surface area contributed by atoms with E-state index in [0.717, 1.165) is 25.7 Å². The van der Waals surface area contributed by atoms with Crippen molar-refractivity contribution in [3.05, 3.63) is 60.2 Å². The number of ether oxygens (including phenoxy) is 1. The Hall–Kier alpha value is -2.14. The second kappa shape index (κ2) is 8.08. The van der Waals surface area contributed by atoms with Gasteiger partial charge in [0.1, 0.15) is 11.9 Å². The molecular formula is C23H26O4S. The number of carbonyl (C=O) groups is 1. The average molecular weight is 399 g/mol. The quantitative estimate of drug-likeness (QED) is 0.733. The highest BCUT2D eigenvalue weighted by atomic mass is 32.2. The van der Waals surface area contributed by atoms with Crippen LogP contribution in [0.25, 0.3) is 0 Å². The standard InChI is InChI=1S/C23H26O4S/c24-22-19-13-7-8-14-21(19)27-23(17-9-3-1-4-10-17)20(22)15-16-28(25,26)18-11-5-2-6-12-18/h2,5-8,11-14,17,20,23H,1,3-4,9-10,15-16H2. The number of ketones is 1. The topological polar surface area (TPSA) is 60.4 Å². The molecule has 0 aromatic heterocycles. The summed E-state index contributed by atoms with van der Waals surface area (Å²) in [5.41, 5.74) is 0.580. The van der Waals surface area contributed by atoms with E-state index in [1.807, 2.05) is 18.2 Å². The van der Waals surface area contributed by atoms with Gasteiger partial charge in [0.25, 0.3) is 0 Å². The van der Waals surface area contributed by atoms with Gasteiger partial charge in [-0.1, -0.05) is 49.6 Å². The van der Waals surface area contributed by atoms with Gasteiger partial charge in [-0.3, -0.25) is 4.79 Å². The minimum Gasteiger partial charge on any atom is -0.489 e. The van der Waals surface area contributed by atoms with Crippen LogP contribution in [0.5, 0.6) is 5.75 Å². The van der Waals surface area contributed by atoms with Crippen LogP contribution in [-0.4, -0.2) is 26.1 Å². The molecule has 0 bridgehead atoms. The highest BCUT2D eigenvalue weighted by molar-refractivity contribution is 7.91. The number of hydrogen-bond donors (Lipinski definition) is 0. The van der Waals surface area contributed by atoms with Gasteiger partial charge in [0, 0.05) is 0 Å². The van der Waals surface area contributed by atoms with Crippen LogP contribution in [-0.2, 0) is 9.84 Å². The first-order valence-electron chi connectivity index (χ1n) is 10.1. The molecule has 2 atom stereocenters. The van der Waals surface area contributed by atoms with Gasteiger partial charge in [-0.2, -0.15) is 0 Å². The second-order valence-corrected chi connectivity index (χ2v) is 9.98. The van der Waals surface area contributed by atoms with Crippen LogP contribution in [0.3, 0.4) is 0 Å². The predicted octanol–water partition coefficient (Wildman–Crippen LogP) is 4.69.